The molecular weight excluding hydrogens is 672 g/mol. The van der Waals surface area contributed by atoms with E-state index in [1.807, 2.05) is 49.4 Å². The summed E-state index contributed by atoms with van der Waals surface area (Å²) in [6, 6.07) is 22.1. The third-order valence-electron chi connectivity index (χ3n) is 5.87. The van der Waals surface area contributed by atoms with Crippen molar-refractivity contribution >= 4 is 68.8 Å². The molecule has 2 heterocycles. The van der Waals surface area contributed by atoms with Crippen molar-refractivity contribution in [3.8, 4) is 11.5 Å². The number of hydrogen-bond acceptors (Lipinski definition) is 7. The Morgan fingerprint density at radius 2 is 1.88 bits per heavy atom. The maximum Gasteiger partial charge on any atom is 0.267 e. The minimum atomic E-state index is -0.402. The van der Waals surface area contributed by atoms with Gasteiger partial charge in [0.05, 0.1) is 33.6 Å². The van der Waals surface area contributed by atoms with Gasteiger partial charge in [0.2, 0.25) is 0 Å². The fourth-order valence-electron chi connectivity index (χ4n) is 4.00. The molecule has 0 bridgehead atoms. The van der Waals surface area contributed by atoms with Gasteiger partial charge >= 0.3 is 0 Å². The van der Waals surface area contributed by atoms with Crippen LogP contribution in [0.2, 0.25) is 0 Å². The summed E-state index contributed by atoms with van der Waals surface area (Å²) in [7, 11) is 0. The van der Waals surface area contributed by atoms with Crippen LogP contribution >= 0.6 is 34.4 Å². The highest BCUT2D eigenvalue weighted by Crippen LogP contribution is 2.38. The molecule has 1 saturated heterocycles. The number of amidine groups is 1. The molecule has 5 rings (SSSR count). The van der Waals surface area contributed by atoms with E-state index >= 15 is 0 Å². The number of benzene rings is 3. The summed E-state index contributed by atoms with van der Waals surface area (Å²) >= 11 is 3.39. The molecule has 11 heteroatoms. The van der Waals surface area contributed by atoms with Crippen molar-refractivity contribution in [2.24, 2.45) is 4.99 Å². The van der Waals surface area contributed by atoms with Crippen molar-refractivity contribution < 1.29 is 27.9 Å². The summed E-state index contributed by atoms with van der Waals surface area (Å²) in [6.07, 6.45) is 3.35. The molecule has 2 amide bonds. The molecule has 3 aromatic carbocycles. The zero-order valence-corrected chi connectivity index (χ0v) is 25.4. The molecule has 4 aromatic rings. The third kappa shape index (κ3) is 7.39. The van der Waals surface area contributed by atoms with E-state index in [9.17, 15) is 14.0 Å². The molecule has 0 radical (unpaired) electrons. The first-order chi connectivity index (χ1) is 20.4. The van der Waals surface area contributed by atoms with Crippen LogP contribution in [0.3, 0.4) is 0 Å². The van der Waals surface area contributed by atoms with Crippen LogP contribution in [0.5, 0.6) is 11.5 Å². The number of nitrogens with zero attached hydrogens (tertiary/aromatic N) is 2. The van der Waals surface area contributed by atoms with Gasteiger partial charge in [0.15, 0.2) is 23.3 Å². The number of carbonyl (C=O) groups is 2. The van der Waals surface area contributed by atoms with E-state index in [4.69, 9.17) is 18.9 Å². The van der Waals surface area contributed by atoms with Crippen LogP contribution in [0, 0.1) is 9.39 Å². The highest BCUT2D eigenvalue weighted by atomic mass is 127. The first-order valence-corrected chi connectivity index (χ1v) is 14.8. The van der Waals surface area contributed by atoms with Crippen molar-refractivity contribution in [2.45, 2.75) is 13.5 Å². The van der Waals surface area contributed by atoms with Crippen LogP contribution in [-0.2, 0) is 16.1 Å². The first-order valence-electron chi connectivity index (χ1n) is 12.9. The third-order valence-corrected chi connectivity index (χ3v) is 7.68. The first kappa shape index (κ1) is 29.4. The molecule has 1 aliphatic heterocycles. The zero-order chi connectivity index (χ0) is 29.5. The minimum Gasteiger partial charge on any atom is -0.490 e. The van der Waals surface area contributed by atoms with E-state index < -0.39 is 11.7 Å². The van der Waals surface area contributed by atoms with Gasteiger partial charge in [-0.2, -0.15) is 0 Å². The van der Waals surface area contributed by atoms with E-state index in [1.165, 1.54) is 36.0 Å². The number of halogens is 2. The Kier molecular flexibility index (Phi) is 9.59. The van der Waals surface area contributed by atoms with Gasteiger partial charge in [-0.05, 0) is 114 Å². The fourth-order valence-corrected chi connectivity index (χ4v) is 5.77. The normalized spacial score (nSPS) is 14.9. The predicted molar refractivity (Wildman–Crippen MR) is 169 cm³/mol. The van der Waals surface area contributed by atoms with Gasteiger partial charge < -0.3 is 19.2 Å². The summed E-state index contributed by atoms with van der Waals surface area (Å²) in [4.78, 5) is 32.8. The van der Waals surface area contributed by atoms with Gasteiger partial charge in [0.25, 0.3) is 11.8 Å². The van der Waals surface area contributed by atoms with E-state index in [0.29, 0.717) is 43.2 Å². The fraction of sp³-hybridized carbons (Fsp3) is 0.129. The molecule has 1 aliphatic rings. The Morgan fingerprint density at radius 1 is 1.10 bits per heavy atom. The van der Waals surface area contributed by atoms with E-state index in [0.717, 1.165) is 11.3 Å². The van der Waals surface area contributed by atoms with Crippen LogP contribution in [0.15, 0.2) is 99.4 Å². The van der Waals surface area contributed by atoms with Crippen molar-refractivity contribution in [2.75, 3.05) is 18.5 Å². The highest BCUT2D eigenvalue weighted by Gasteiger charge is 2.34. The lowest BCUT2D eigenvalue weighted by Gasteiger charge is -2.15. The maximum absolute atomic E-state index is 13.5. The maximum atomic E-state index is 13.5. The predicted octanol–water partition coefficient (Wildman–Crippen LogP) is 7.24. The minimum absolute atomic E-state index is 0.197. The van der Waals surface area contributed by atoms with Gasteiger partial charge in [-0.1, -0.05) is 18.2 Å². The van der Waals surface area contributed by atoms with Crippen molar-refractivity contribution in [1.29, 1.82) is 0 Å². The number of aliphatic imine (C=N–C) groups is 1. The number of thioether (sulfide) groups is 1. The topological polar surface area (TPSA) is 93.4 Å². The molecule has 0 atom stereocenters. The SMILES string of the molecule is CCOc1cc(/C=C2\SC(=Nc3ccccc3)N(Cc3ccco3)C2=O)cc(I)c1OCC(=O)Nc1ccc(F)cc1. The molecule has 8 nitrogen and oxygen atoms in total. The molecule has 0 spiro atoms. The van der Waals surface area contributed by atoms with Crippen LogP contribution in [0.1, 0.15) is 18.2 Å². The molecule has 0 aliphatic carbocycles. The average Bonchev–Trinajstić information content (AvgIpc) is 3.59. The number of carbonyl (C=O) groups excluding carboxylic acids is 2. The second-order valence-electron chi connectivity index (χ2n) is 8.92. The van der Waals surface area contributed by atoms with E-state index in [1.54, 1.807) is 29.4 Å². The Balaban J connectivity index is 1.37. The zero-order valence-electron chi connectivity index (χ0n) is 22.4. The molecule has 0 saturated carbocycles. The number of amides is 2. The number of hydrogen-bond donors (Lipinski definition) is 1. The van der Waals surface area contributed by atoms with Crippen molar-refractivity contribution in [3.05, 3.63) is 111 Å². The summed E-state index contributed by atoms with van der Waals surface area (Å²) in [5, 5.41) is 3.21. The summed E-state index contributed by atoms with van der Waals surface area (Å²) in [5.74, 6) is 0.497. The largest absolute Gasteiger partial charge is 0.490 e. The molecular formula is C31H25FIN3O5S. The Labute approximate surface area is 259 Å². The number of nitrogens with one attached hydrogen (secondary N) is 1. The summed E-state index contributed by atoms with van der Waals surface area (Å²) < 4.78 is 31.0. The van der Waals surface area contributed by atoms with Gasteiger partial charge in [0.1, 0.15) is 11.6 Å². The van der Waals surface area contributed by atoms with Crippen LogP contribution in [0.25, 0.3) is 6.08 Å². The van der Waals surface area contributed by atoms with E-state index in [2.05, 4.69) is 27.9 Å². The highest BCUT2D eigenvalue weighted by molar-refractivity contribution is 14.1. The van der Waals surface area contributed by atoms with Crippen molar-refractivity contribution in [3.63, 3.8) is 0 Å². The molecule has 1 fully saturated rings. The van der Waals surface area contributed by atoms with Crippen LogP contribution in [0.4, 0.5) is 15.8 Å². The number of para-hydroxylation sites is 1. The van der Waals surface area contributed by atoms with Gasteiger partial charge in [0, 0.05) is 5.69 Å². The Hall–Kier alpha value is -4.10. The smallest absolute Gasteiger partial charge is 0.267 e. The van der Waals surface area contributed by atoms with E-state index in [-0.39, 0.29) is 19.1 Å². The monoisotopic (exact) mass is 697 g/mol. The van der Waals surface area contributed by atoms with Gasteiger partial charge in [-0.3, -0.25) is 14.5 Å². The van der Waals surface area contributed by atoms with Gasteiger partial charge in [-0.15, -0.1) is 0 Å². The second-order valence-corrected chi connectivity index (χ2v) is 11.1. The lowest BCUT2D eigenvalue weighted by molar-refractivity contribution is -0.122. The number of furan rings is 1. The van der Waals surface area contributed by atoms with Crippen LogP contribution in [-0.4, -0.2) is 35.1 Å². The molecule has 1 N–H and O–H groups in total. The lowest BCUT2D eigenvalue weighted by atomic mass is 10.2. The Morgan fingerprint density at radius 3 is 2.60 bits per heavy atom. The number of ether oxygens (including phenoxy) is 2. The molecule has 42 heavy (non-hydrogen) atoms. The quantitative estimate of drug-likeness (QED) is 0.139. The lowest BCUT2D eigenvalue weighted by Crippen LogP contribution is -2.28. The molecule has 1 aromatic heterocycles. The standard InChI is InChI=1S/C31H25FIN3O5S/c1-2-39-26-16-20(15-25(33)29(26)41-19-28(37)34-23-12-10-21(32)11-13-23)17-27-30(38)36(18-24-9-6-14-40-24)31(42-27)35-22-7-4-3-5-8-22/h3-17H,2,18-19H2,1H3,(H,34,37)/b27-17-,35-31?. The van der Waals surface area contributed by atoms with Gasteiger partial charge in [-0.25, -0.2) is 9.38 Å². The second kappa shape index (κ2) is 13.7. The number of anilines is 1. The van der Waals surface area contributed by atoms with Crippen molar-refractivity contribution in [1.82, 2.24) is 4.90 Å². The summed E-state index contributed by atoms with van der Waals surface area (Å²) in [6.45, 7) is 2.19. The van der Waals surface area contributed by atoms with Crippen LogP contribution < -0.4 is 14.8 Å². The molecule has 0 unspecified atom stereocenters. The summed E-state index contributed by atoms with van der Waals surface area (Å²) in [5.41, 5.74) is 1.92. The molecule has 214 valence electrons. The number of rotatable bonds is 10. The Bertz CT molecular complexity index is 1630. The average molecular weight is 698 g/mol.